The van der Waals surface area contributed by atoms with E-state index in [1.807, 2.05) is 48.3 Å². The molecule has 6 nitrogen and oxygen atoms in total. The molecule has 194 valence electrons. The number of fused-ring (bicyclic) bond motifs is 1. The van der Waals surface area contributed by atoms with Crippen molar-refractivity contribution in [3.8, 4) is 11.5 Å². The maximum atomic E-state index is 13.5. The van der Waals surface area contributed by atoms with Crippen LogP contribution in [-0.4, -0.2) is 56.1 Å². The molecule has 2 aromatic carbocycles. The highest BCUT2D eigenvalue weighted by Gasteiger charge is 2.32. The van der Waals surface area contributed by atoms with E-state index in [4.69, 9.17) is 14.2 Å². The lowest BCUT2D eigenvalue weighted by molar-refractivity contribution is 0.0751. The van der Waals surface area contributed by atoms with Crippen molar-refractivity contribution < 1.29 is 19.0 Å². The monoisotopic (exact) mass is 500 g/mol. The molecule has 0 spiro atoms. The van der Waals surface area contributed by atoms with Crippen LogP contribution in [0.4, 0.5) is 0 Å². The van der Waals surface area contributed by atoms with Crippen LogP contribution in [0.15, 0.2) is 66.6 Å². The van der Waals surface area contributed by atoms with Crippen molar-refractivity contribution in [2.75, 3.05) is 34.4 Å². The summed E-state index contributed by atoms with van der Waals surface area (Å²) in [5, 5.41) is 0. The summed E-state index contributed by atoms with van der Waals surface area (Å²) in [6.45, 7) is 3.76. The maximum Gasteiger partial charge on any atom is 0.253 e. The first-order valence-electron chi connectivity index (χ1n) is 13.2. The van der Waals surface area contributed by atoms with Gasteiger partial charge < -0.3 is 24.0 Å². The van der Waals surface area contributed by atoms with E-state index in [0.717, 1.165) is 65.6 Å². The number of carbonyl (C=O) groups excluding carboxylic acids is 1. The highest BCUT2D eigenvalue weighted by molar-refractivity contribution is 5.95. The van der Waals surface area contributed by atoms with E-state index in [9.17, 15) is 4.79 Å². The van der Waals surface area contributed by atoms with E-state index in [1.54, 1.807) is 14.2 Å². The Bertz CT molecular complexity index is 1260. The van der Waals surface area contributed by atoms with Gasteiger partial charge in [-0.25, -0.2) is 0 Å². The fraction of sp³-hybridized carbons (Fsp3) is 0.387. The molecule has 0 bridgehead atoms. The van der Waals surface area contributed by atoms with Gasteiger partial charge in [0.2, 0.25) is 0 Å². The fourth-order valence-corrected chi connectivity index (χ4v) is 5.03. The van der Waals surface area contributed by atoms with Crippen LogP contribution >= 0.6 is 0 Å². The van der Waals surface area contributed by atoms with Crippen LogP contribution in [0.3, 0.4) is 0 Å². The number of benzene rings is 2. The second-order valence-corrected chi connectivity index (χ2v) is 10.0. The molecule has 1 atom stereocenters. The number of amides is 1. The van der Waals surface area contributed by atoms with Gasteiger partial charge in [0.15, 0.2) is 11.5 Å². The van der Waals surface area contributed by atoms with Crippen molar-refractivity contribution in [1.82, 2.24) is 9.80 Å². The van der Waals surface area contributed by atoms with Crippen LogP contribution in [0.2, 0.25) is 0 Å². The van der Waals surface area contributed by atoms with Gasteiger partial charge >= 0.3 is 0 Å². The number of rotatable bonds is 10. The molecule has 2 aromatic rings. The SMILES string of the molecule is CCCN(CCC1CC1)C(=O)c1cccc(C2=C3OC(c4ccc(OC)c(OC)c4)=CC3N(C)C=C2)c1. The number of carbonyl (C=O) groups is 1. The molecule has 1 amide bonds. The average molecular weight is 501 g/mol. The van der Waals surface area contributed by atoms with E-state index in [1.165, 1.54) is 12.8 Å². The second kappa shape index (κ2) is 10.8. The Labute approximate surface area is 219 Å². The molecule has 2 heterocycles. The van der Waals surface area contributed by atoms with E-state index < -0.39 is 0 Å². The van der Waals surface area contributed by atoms with E-state index in [-0.39, 0.29) is 11.9 Å². The molecule has 1 unspecified atom stereocenters. The van der Waals surface area contributed by atoms with Gasteiger partial charge in [0, 0.05) is 43.0 Å². The number of nitrogens with zero attached hydrogens (tertiary/aromatic N) is 2. The van der Waals surface area contributed by atoms with E-state index in [2.05, 4.69) is 36.2 Å². The Kier molecular flexibility index (Phi) is 7.26. The minimum Gasteiger partial charge on any atom is -0.493 e. The zero-order valence-electron chi connectivity index (χ0n) is 22.2. The Morgan fingerprint density at radius 1 is 1.05 bits per heavy atom. The minimum absolute atomic E-state index is 0.0300. The lowest BCUT2D eigenvalue weighted by atomic mass is 9.96. The Hall–Kier alpha value is -3.67. The topological polar surface area (TPSA) is 51.2 Å². The van der Waals surface area contributed by atoms with E-state index in [0.29, 0.717) is 11.5 Å². The van der Waals surface area contributed by atoms with Crippen molar-refractivity contribution in [1.29, 1.82) is 0 Å². The summed E-state index contributed by atoms with van der Waals surface area (Å²) in [4.78, 5) is 17.6. The Morgan fingerprint density at radius 3 is 2.59 bits per heavy atom. The molecule has 0 saturated heterocycles. The van der Waals surface area contributed by atoms with Gasteiger partial charge in [-0.05, 0) is 66.8 Å². The minimum atomic E-state index is -0.0300. The second-order valence-electron chi connectivity index (χ2n) is 10.0. The molecule has 1 fully saturated rings. The van der Waals surface area contributed by atoms with Gasteiger partial charge in [0.05, 0.1) is 14.2 Å². The first-order valence-corrected chi connectivity index (χ1v) is 13.2. The van der Waals surface area contributed by atoms with Crippen LogP contribution in [0.1, 0.15) is 54.1 Å². The summed E-state index contributed by atoms with van der Waals surface area (Å²) >= 11 is 0. The molecule has 0 aromatic heterocycles. The van der Waals surface area contributed by atoms with Gasteiger partial charge in [-0.1, -0.05) is 31.9 Å². The first kappa shape index (κ1) is 25.0. The van der Waals surface area contributed by atoms with Gasteiger partial charge in [-0.2, -0.15) is 0 Å². The van der Waals surface area contributed by atoms with Crippen molar-refractivity contribution in [3.05, 3.63) is 83.3 Å². The summed E-state index contributed by atoms with van der Waals surface area (Å²) < 4.78 is 17.4. The van der Waals surface area contributed by atoms with Crippen LogP contribution in [-0.2, 0) is 4.74 Å². The summed E-state index contributed by atoms with van der Waals surface area (Å²) in [6.07, 6.45) is 10.9. The number of methoxy groups -OCH3 is 2. The van der Waals surface area contributed by atoms with Gasteiger partial charge in [0.1, 0.15) is 17.6 Å². The lowest BCUT2D eigenvalue weighted by Crippen LogP contribution is -2.33. The third-order valence-electron chi connectivity index (χ3n) is 7.35. The highest BCUT2D eigenvalue weighted by atomic mass is 16.5. The molecule has 0 radical (unpaired) electrons. The van der Waals surface area contributed by atoms with Crippen LogP contribution in [0, 0.1) is 5.92 Å². The zero-order chi connectivity index (χ0) is 25.9. The molecule has 1 saturated carbocycles. The molecule has 37 heavy (non-hydrogen) atoms. The highest BCUT2D eigenvalue weighted by Crippen LogP contribution is 2.41. The van der Waals surface area contributed by atoms with Crippen LogP contribution in [0.25, 0.3) is 11.3 Å². The largest absolute Gasteiger partial charge is 0.493 e. The van der Waals surface area contributed by atoms with Crippen molar-refractivity contribution in [2.45, 2.75) is 38.6 Å². The summed E-state index contributed by atoms with van der Waals surface area (Å²) in [7, 11) is 5.30. The first-order chi connectivity index (χ1) is 18.0. The van der Waals surface area contributed by atoms with E-state index >= 15 is 0 Å². The molecule has 0 N–H and O–H groups in total. The van der Waals surface area contributed by atoms with Crippen molar-refractivity contribution in [2.24, 2.45) is 5.92 Å². The Morgan fingerprint density at radius 2 is 1.86 bits per heavy atom. The standard InChI is InChI=1S/C31H36N2O4/c1-5-15-33(17-13-21-9-10-21)31(34)24-8-6-7-22(18-24)25-14-16-32(2)26-20-28(37-30(25)26)23-11-12-27(35-3)29(19-23)36-4/h6-8,11-12,14,16,18-21,26H,5,9-10,13,15,17H2,1-4H3. The average Bonchev–Trinajstić information content (AvgIpc) is 3.65. The van der Waals surface area contributed by atoms with Gasteiger partial charge in [0.25, 0.3) is 5.91 Å². The maximum absolute atomic E-state index is 13.5. The summed E-state index contributed by atoms with van der Waals surface area (Å²) in [5.74, 6) is 3.88. The van der Waals surface area contributed by atoms with Gasteiger partial charge in [-0.3, -0.25) is 4.79 Å². The Balaban J connectivity index is 1.42. The third-order valence-corrected chi connectivity index (χ3v) is 7.35. The molecule has 1 aliphatic carbocycles. The third kappa shape index (κ3) is 5.24. The van der Waals surface area contributed by atoms with Crippen molar-refractivity contribution >= 4 is 17.2 Å². The van der Waals surface area contributed by atoms with Crippen molar-refractivity contribution in [3.63, 3.8) is 0 Å². The molecule has 3 aliphatic rings. The molecule has 5 rings (SSSR count). The summed E-state index contributed by atoms with van der Waals surface area (Å²) in [5.41, 5.74) is 3.62. The summed E-state index contributed by atoms with van der Waals surface area (Å²) in [6, 6.07) is 13.7. The quantitative estimate of drug-likeness (QED) is 0.403. The molecule has 2 aliphatic heterocycles. The normalized spacial score (nSPS) is 18.3. The number of hydrogen-bond acceptors (Lipinski definition) is 5. The lowest BCUT2D eigenvalue weighted by Gasteiger charge is -2.27. The van der Waals surface area contributed by atoms with Crippen LogP contribution in [0.5, 0.6) is 11.5 Å². The molecular weight excluding hydrogens is 464 g/mol. The number of allylic oxidation sites excluding steroid dienone is 2. The predicted molar refractivity (Wildman–Crippen MR) is 146 cm³/mol. The smallest absolute Gasteiger partial charge is 0.253 e. The van der Waals surface area contributed by atoms with Gasteiger partial charge in [-0.15, -0.1) is 0 Å². The number of hydrogen-bond donors (Lipinski definition) is 0. The predicted octanol–water partition coefficient (Wildman–Crippen LogP) is 5.97. The fourth-order valence-electron chi connectivity index (χ4n) is 5.03. The zero-order valence-corrected chi connectivity index (χ0v) is 22.2. The van der Waals surface area contributed by atoms with Crippen LogP contribution < -0.4 is 9.47 Å². The number of ether oxygens (including phenoxy) is 3. The molecular formula is C31H36N2O4. The number of likely N-dealkylation sites (N-methyl/N-ethyl adjacent to an activating group) is 1. The molecule has 6 heteroatoms.